The normalized spacial score (nSPS) is 12.3. The molecule has 0 bridgehead atoms. The van der Waals surface area contributed by atoms with E-state index in [1.807, 2.05) is 131 Å². The minimum absolute atomic E-state index is 0.0748. The summed E-state index contributed by atoms with van der Waals surface area (Å²) >= 11 is 0. The lowest BCUT2D eigenvalue weighted by atomic mass is 9.82. The third-order valence-electron chi connectivity index (χ3n) is 20.4. The Hall–Kier alpha value is -12.0. The fraction of sp³-hybridized carbons (Fsp3) is 0.281. The fourth-order valence-corrected chi connectivity index (χ4v) is 13.2. The Kier molecular flexibility index (Phi) is 20.5. The molecule has 3 amide bonds. The summed E-state index contributed by atoms with van der Waals surface area (Å²) in [6, 6.07) is 69.8. The van der Waals surface area contributed by atoms with Crippen molar-refractivity contribution in [2.45, 2.75) is 162 Å². The monoisotopic (exact) mass is 1470 g/mol. The molecule has 564 valence electrons. The highest BCUT2D eigenvalue weighted by atomic mass is 16.2. The summed E-state index contributed by atoms with van der Waals surface area (Å²) in [7, 11) is 0. The van der Waals surface area contributed by atoms with Crippen molar-refractivity contribution in [3.63, 3.8) is 0 Å². The van der Waals surface area contributed by atoms with E-state index < -0.39 is 16.2 Å². The molecule has 0 aliphatic carbocycles. The van der Waals surface area contributed by atoms with Gasteiger partial charge in [-0.05, 0) is 178 Å². The number of aromatic nitrogens is 9. The van der Waals surface area contributed by atoms with Crippen LogP contribution in [-0.2, 0) is 30.6 Å². The van der Waals surface area contributed by atoms with Crippen LogP contribution < -0.4 is 16.0 Å². The van der Waals surface area contributed by atoms with E-state index in [0.717, 1.165) is 134 Å². The van der Waals surface area contributed by atoms with Gasteiger partial charge in [-0.2, -0.15) is 0 Å². The molecule has 15 nitrogen and oxygen atoms in total. The Morgan fingerprint density at radius 1 is 0.261 bits per heavy atom. The van der Waals surface area contributed by atoms with Gasteiger partial charge in [0.1, 0.15) is 17.1 Å². The van der Waals surface area contributed by atoms with Crippen molar-refractivity contribution in [1.29, 1.82) is 0 Å². The van der Waals surface area contributed by atoms with Crippen molar-refractivity contribution in [2.24, 2.45) is 16.2 Å². The van der Waals surface area contributed by atoms with Crippen molar-refractivity contribution >= 4 is 34.8 Å². The third kappa shape index (κ3) is 16.9. The van der Waals surface area contributed by atoms with Gasteiger partial charge in [0.25, 0.3) is 0 Å². The zero-order chi connectivity index (χ0) is 79.6. The second kappa shape index (κ2) is 29.4. The van der Waals surface area contributed by atoms with E-state index >= 15 is 0 Å². The first-order chi connectivity index (χ1) is 52.2. The highest BCUT2D eigenvalue weighted by Gasteiger charge is 2.30. The van der Waals surface area contributed by atoms with Crippen molar-refractivity contribution in [3.05, 3.63) is 252 Å². The Balaban J connectivity index is 1.03. The van der Waals surface area contributed by atoms with Crippen LogP contribution in [0.25, 0.3) is 118 Å². The van der Waals surface area contributed by atoms with E-state index in [9.17, 15) is 14.4 Å². The smallest absolute Gasteiger partial charge is 0.229 e. The summed E-state index contributed by atoms with van der Waals surface area (Å²) in [4.78, 5) is 40.0. The Bertz CT molecular complexity index is 5090. The number of rotatable bonds is 15. The lowest BCUT2D eigenvalue weighted by Crippen LogP contribution is -2.27. The molecule has 0 aliphatic rings. The molecule has 0 spiro atoms. The van der Waals surface area contributed by atoms with Gasteiger partial charge >= 0.3 is 0 Å². The molecule has 0 radical (unpaired) electrons. The highest BCUT2D eigenvalue weighted by molar-refractivity contribution is 5.98. The number of aryl methyl sites for hydroxylation is 3. The van der Waals surface area contributed by atoms with Crippen LogP contribution in [0.5, 0.6) is 0 Å². The molecule has 13 aromatic rings. The molecular weight excluding hydrogens is 1370 g/mol. The van der Waals surface area contributed by atoms with Gasteiger partial charge in [-0.3, -0.25) is 14.4 Å². The van der Waals surface area contributed by atoms with Crippen LogP contribution in [0, 0.1) is 37.0 Å². The van der Waals surface area contributed by atoms with E-state index in [1.165, 1.54) is 0 Å². The maximum absolute atomic E-state index is 13.3. The SMILES string of the molecule is Cc1ccc(-c2cc(C(C)(C)C)cc(-c3ccc(NC(=O)C(C)(C)C)cc3)c2-n2cc(-c3cc(-c4cn(-c5c(-c6ccc(C)cc6)cc(C(C)(C)C)cc5-c5ccc(NC(=O)C(C)(C)C)cc5)nn4)cc(-c4cn(-c5c(-c6ccc(C)cc6)cc(C(C)(C)C)cc5-c5ccc(NC(=O)C(C)(C)C)cc5)nn4)c3)nn2)cc1. The molecule has 13 rings (SSSR count). The molecule has 0 fully saturated rings. The van der Waals surface area contributed by atoms with Gasteiger partial charge in [-0.15, -0.1) is 15.3 Å². The predicted molar refractivity (Wildman–Crippen MR) is 455 cm³/mol. The molecule has 15 heteroatoms. The van der Waals surface area contributed by atoms with Crippen LogP contribution in [0.4, 0.5) is 17.1 Å². The van der Waals surface area contributed by atoms with E-state index in [0.29, 0.717) is 34.1 Å². The molecule has 111 heavy (non-hydrogen) atoms. The van der Waals surface area contributed by atoms with Crippen molar-refractivity contribution in [3.8, 4) is 118 Å². The summed E-state index contributed by atoms with van der Waals surface area (Å²) in [6.45, 7) is 43.5. The molecule has 0 atom stereocenters. The quantitative estimate of drug-likeness (QED) is 0.0900. The topological polar surface area (TPSA) is 179 Å². The first-order valence-electron chi connectivity index (χ1n) is 38.2. The van der Waals surface area contributed by atoms with Gasteiger partial charge in [0.15, 0.2) is 0 Å². The zero-order valence-electron chi connectivity index (χ0n) is 68.0. The average Bonchev–Trinajstić information content (AvgIpc) is 1.72. The second-order valence-electron chi connectivity index (χ2n) is 35.9. The number of anilines is 3. The summed E-state index contributed by atoms with van der Waals surface area (Å²) in [6.07, 6.45) is 5.99. The molecule has 3 heterocycles. The Morgan fingerprint density at radius 2 is 0.450 bits per heavy atom. The summed E-state index contributed by atoms with van der Waals surface area (Å²) in [5, 5.41) is 40.0. The largest absolute Gasteiger partial charge is 0.326 e. The van der Waals surface area contributed by atoms with Gasteiger partial charge < -0.3 is 16.0 Å². The van der Waals surface area contributed by atoms with Crippen LogP contribution in [-0.4, -0.2) is 62.7 Å². The van der Waals surface area contributed by atoms with E-state index in [4.69, 9.17) is 30.9 Å². The predicted octanol–water partition coefficient (Wildman–Crippen LogP) is 23.2. The van der Waals surface area contributed by atoms with Gasteiger partial charge in [0.05, 0.1) is 35.7 Å². The number of nitrogens with zero attached hydrogens (tertiary/aromatic N) is 9. The fourth-order valence-electron chi connectivity index (χ4n) is 13.2. The minimum atomic E-state index is -0.588. The lowest BCUT2D eigenvalue weighted by Gasteiger charge is -2.25. The highest BCUT2D eigenvalue weighted by Crippen LogP contribution is 2.46. The van der Waals surface area contributed by atoms with E-state index in [2.05, 4.69) is 263 Å². The van der Waals surface area contributed by atoms with E-state index in [-0.39, 0.29) is 34.0 Å². The molecule has 0 saturated carbocycles. The second-order valence-corrected chi connectivity index (χ2v) is 35.9. The van der Waals surface area contributed by atoms with Crippen LogP contribution >= 0.6 is 0 Å². The van der Waals surface area contributed by atoms with Gasteiger partial charge in [0, 0.05) is 83.4 Å². The molecule has 3 aromatic heterocycles. The zero-order valence-corrected chi connectivity index (χ0v) is 68.0. The van der Waals surface area contributed by atoms with Gasteiger partial charge in [-0.1, -0.05) is 266 Å². The third-order valence-corrected chi connectivity index (χ3v) is 20.4. The summed E-state index contributed by atoms with van der Waals surface area (Å²) in [5.74, 6) is -0.224. The first-order valence-corrected chi connectivity index (χ1v) is 38.2. The minimum Gasteiger partial charge on any atom is -0.326 e. The number of hydrogen-bond donors (Lipinski definition) is 3. The molecule has 10 aromatic carbocycles. The maximum Gasteiger partial charge on any atom is 0.229 e. The maximum atomic E-state index is 13.3. The number of nitrogens with one attached hydrogen (secondary N) is 3. The first kappa shape index (κ1) is 77.2. The summed E-state index contributed by atoms with van der Waals surface area (Å²) < 4.78 is 5.67. The molecule has 0 aliphatic heterocycles. The standard InChI is InChI=1S/C96H102N12O3/c1-58-22-28-61(29-23-58)76-49-70(91(4,5)6)52-79(64-34-40-73(41-35-64)97-88(109)94(13,14)15)85(76)106-55-82(100-103-106)67-46-68(83-56-107(104-101-83)86-77(62-30-24-59(2)25-31-62)50-71(92(7,8)9)53-80(86)65-36-42-74(43-37-65)98-89(110)95(16,17)18)48-69(47-67)84-57-108(105-102-84)87-78(63-32-26-60(3)27-33-63)51-72(93(10,11)12)54-81(87)66-38-44-75(45-39-66)99-90(111)96(19,20)21/h22-57H,1-21H3,(H,97,109)(H,98,110)(H,99,111). The molecule has 0 saturated heterocycles. The van der Waals surface area contributed by atoms with E-state index in [1.54, 1.807) is 0 Å². The van der Waals surface area contributed by atoms with Crippen molar-refractivity contribution < 1.29 is 14.4 Å². The number of hydrogen-bond acceptors (Lipinski definition) is 9. The lowest BCUT2D eigenvalue weighted by molar-refractivity contribution is -0.123. The number of carbonyl (C=O) groups is 3. The van der Waals surface area contributed by atoms with Gasteiger partial charge in [0.2, 0.25) is 17.7 Å². The van der Waals surface area contributed by atoms with Crippen LogP contribution in [0.15, 0.2) is 219 Å². The number of amides is 3. The average molecular weight is 1470 g/mol. The van der Waals surface area contributed by atoms with Crippen LogP contribution in [0.2, 0.25) is 0 Å². The van der Waals surface area contributed by atoms with Crippen LogP contribution in [0.3, 0.4) is 0 Å². The molecule has 0 unspecified atom stereocenters. The Morgan fingerprint density at radius 3 is 0.631 bits per heavy atom. The number of carbonyl (C=O) groups excluding carboxylic acids is 3. The molecule has 3 N–H and O–H groups in total. The summed E-state index contributed by atoms with van der Waals surface area (Å²) in [5.41, 5.74) is 24.2. The van der Waals surface area contributed by atoms with Crippen molar-refractivity contribution in [1.82, 2.24) is 45.0 Å². The molecular formula is C96H102N12O3. The van der Waals surface area contributed by atoms with Crippen molar-refractivity contribution in [2.75, 3.05) is 16.0 Å². The van der Waals surface area contributed by atoms with Crippen LogP contribution in [0.1, 0.15) is 158 Å². The van der Waals surface area contributed by atoms with Gasteiger partial charge in [-0.25, -0.2) is 14.0 Å². The number of benzene rings is 10. The Labute approximate surface area is 654 Å².